The van der Waals surface area contributed by atoms with Crippen LogP contribution in [0.4, 0.5) is 0 Å². The average Bonchev–Trinajstić information content (AvgIpc) is 2.47. The van der Waals surface area contributed by atoms with Crippen LogP contribution in [0.25, 0.3) is 0 Å². The van der Waals surface area contributed by atoms with E-state index in [-0.39, 0.29) is 11.5 Å². The van der Waals surface area contributed by atoms with Gasteiger partial charge in [-0.2, -0.15) is 0 Å². The molecule has 1 atom stereocenters. The van der Waals surface area contributed by atoms with E-state index in [2.05, 4.69) is 31.1 Å². The largest absolute Gasteiger partial charge is 0.392 e. The summed E-state index contributed by atoms with van der Waals surface area (Å²) in [6.07, 6.45) is 4.24. The number of rotatable bonds is 3. The predicted molar refractivity (Wildman–Crippen MR) is 67.9 cm³/mol. The number of hydrogen-bond acceptors (Lipinski definition) is 3. The first kappa shape index (κ1) is 12.1. The molecule has 0 aromatic carbocycles. The average molecular weight is 239 g/mol. The Morgan fingerprint density at radius 1 is 1.50 bits per heavy atom. The van der Waals surface area contributed by atoms with E-state index in [0.717, 1.165) is 17.1 Å². The minimum Gasteiger partial charge on any atom is -0.392 e. The monoisotopic (exact) mass is 239 g/mol. The van der Waals surface area contributed by atoms with E-state index in [1.54, 1.807) is 11.3 Å². The molecular formula is C13H21NOS. The van der Waals surface area contributed by atoms with Gasteiger partial charge in [0.15, 0.2) is 0 Å². The minimum atomic E-state index is -0.173. The number of hydrogen-bond donors (Lipinski definition) is 1. The third-order valence-electron chi connectivity index (χ3n) is 3.40. The number of aliphatic hydroxyl groups is 1. The zero-order valence-electron chi connectivity index (χ0n) is 10.4. The maximum atomic E-state index is 10.0. The van der Waals surface area contributed by atoms with Crippen molar-refractivity contribution in [3.05, 3.63) is 16.1 Å². The zero-order valence-corrected chi connectivity index (χ0v) is 11.2. The van der Waals surface area contributed by atoms with Crippen LogP contribution >= 0.6 is 11.3 Å². The minimum absolute atomic E-state index is 0.121. The van der Waals surface area contributed by atoms with Crippen LogP contribution in [0.15, 0.2) is 5.38 Å². The van der Waals surface area contributed by atoms with E-state index in [9.17, 15) is 5.11 Å². The topological polar surface area (TPSA) is 33.1 Å². The molecule has 0 bridgehead atoms. The number of aliphatic hydroxyl groups excluding tert-OH is 1. The standard InChI is InChI=1S/C13H21NOS/c1-13(2,3)11-8-16-12(14-11)7-10(15)9-5-4-6-9/h8-10,15H,4-7H2,1-3H3. The summed E-state index contributed by atoms with van der Waals surface area (Å²) in [5, 5.41) is 13.2. The van der Waals surface area contributed by atoms with Gasteiger partial charge in [-0.3, -0.25) is 0 Å². The fraction of sp³-hybridized carbons (Fsp3) is 0.769. The quantitative estimate of drug-likeness (QED) is 0.879. The molecule has 1 N–H and O–H groups in total. The summed E-state index contributed by atoms with van der Waals surface area (Å²) in [5.74, 6) is 0.530. The Hall–Kier alpha value is -0.410. The molecule has 1 aromatic heterocycles. The number of thiazole rings is 1. The molecule has 1 aromatic rings. The molecule has 1 fully saturated rings. The van der Waals surface area contributed by atoms with Gasteiger partial charge in [0.05, 0.1) is 16.8 Å². The molecule has 1 heterocycles. The van der Waals surface area contributed by atoms with Crippen LogP contribution < -0.4 is 0 Å². The van der Waals surface area contributed by atoms with Crippen molar-refractivity contribution in [1.29, 1.82) is 0 Å². The van der Waals surface area contributed by atoms with Crippen LogP contribution in [0.1, 0.15) is 50.7 Å². The SMILES string of the molecule is CC(C)(C)c1csc(CC(O)C2CCC2)n1. The van der Waals surface area contributed by atoms with Crippen molar-refractivity contribution in [1.82, 2.24) is 4.98 Å². The van der Waals surface area contributed by atoms with Crippen molar-refractivity contribution in [3.63, 3.8) is 0 Å². The molecular weight excluding hydrogens is 218 g/mol. The summed E-state index contributed by atoms with van der Waals surface area (Å²) in [5.41, 5.74) is 1.27. The van der Waals surface area contributed by atoms with E-state index in [1.807, 2.05) is 0 Å². The molecule has 90 valence electrons. The highest BCUT2D eigenvalue weighted by atomic mass is 32.1. The lowest BCUT2D eigenvalue weighted by atomic mass is 9.80. The van der Waals surface area contributed by atoms with Gasteiger partial charge in [-0.15, -0.1) is 11.3 Å². The molecule has 1 saturated carbocycles. The van der Waals surface area contributed by atoms with Gasteiger partial charge < -0.3 is 5.11 Å². The summed E-state index contributed by atoms with van der Waals surface area (Å²) in [6, 6.07) is 0. The van der Waals surface area contributed by atoms with Gasteiger partial charge >= 0.3 is 0 Å². The van der Waals surface area contributed by atoms with Crippen molar-refractivity contribution in [2.75, 3.05) is 0 Å². The van der Waals surface area contributed by atoms with Crippen molar-refractivity contribution >= 4 is 11.3 Å². The van der Waals surface area contributed by atoms with Crippen molar-refractivity contribution < 1.29 is 5.11 Å². The van der Waals surface area contributed by atoms with Gasteiger partial charge in [0, 0.05) is 17.2 Å². The first-order valence-corrected chi connectivity index (χ1v) is 6.98. The maximum absolute atomic E-state index is 10.0. The Labute approximate surface area is 102 Å². The second kappa shape index (κ2) is 4.46. The third-order valence-corrected chi connectivity index (χ3v) is 4.27. The fourth-order valence-electron chi connectivity index (χ4n) is 1.92. The first-order chi connectivity index (χ1) is 7.47. The Bertz CT molecular complexity index is 349. The van der Waals surface area contributed by atoms with E-state index in [0.29, 0.717) is 5.92 Å². The summed E-state index contributed by atoms with van der Waals surface area (Å²) < 4.78 is 0. The smallest absolute Gasteiger partial charge is 0.0954 e. The summed E-state index contributed by atoms with van der Waals surface area (Å²) in [7, 11) is 0. The second-order valence-corrected chi connectivity index (χ2v) is 6.78. The molecule has 16 heavy (non-hydrogen) atoms. The summed E-state index contributed by atoms with van der Waals surface area (Å²) in [4.78, 5) is 4.62. The molecule has 1 aliphatic rings. The molecule has 3 heteroatoms. The van der Waals surface area contributed by atoms with Gasteiger partial charge in [0.1, 0.15) is 0 Å². The van der Waals surface area contributed by atoms with Crippen LogP contribution in [0.3, 0.4) is 0 Å². The van der Waals surface area contributed by atoms with Crippen LogP contribution in [0, 0.1) is 5.92 Å². The fourth-order valence-corrected chi connectivity index (χ4v) is 2.99. The van der Waals surface area contributed by atoms with Crippen LogP contribution in [-0.2, 0) is 11.8 Å². The van der Waals surface area contributed by atoms with Crippen LogP contribution in [-0.4, -0.2) is 16.2 Å². The van der Waals surface area contributed by atoms with E-state index in [1.165, 1.54) is 19.3 Å². The van der Waals surface area contributed by atoms with Crippen molar-refractivity contribution in [2.45, 2.75) is 58.0 Å². The molecule has 0 amide bonds. The molecule has 0 spiro atoms. The highest BCUT2D eigenvalue weighted by Crippen LogP contribution is 2.32. The van der Waals surface area contributed by atoms with E-state index in [4.69, 9.17) is 0 Å². The Kier molecular flexibility index (Phi) is 3.36. The molecule has 1 aliphatic carbocycles. The lowest BCUT2D eigenvalue weighted by Crippen LogP contribution is -2.28. The molecule has 0 radical (unpaired) electrons. The molecule has 2 nitrogen and oxygen atoms in total. The van der Waals surface area contributed by atoms with Crippen molar-refractivity contribution in [2.24, 2.45) is 5.92 Å². The van der Waals surface area contributed by atoms with Gasteiger partial charge in [0.2, 0.25) is 0 Å². The highest BCUT2D eigenvalue weighted by molar-refractivity contribution is 7.09. The van der Waals surface area contributed by atoms with Gasteiger partial charge in [-0.25, -0.2) is 4.98 Å². The normalized spacial score (nSPS) is 19.5. The lowest BCUT2D eigenvalue weighted by molar-refractivity contribution is 0.0629. The summed E-state index contributed by atoms with van der Waals surface area (Å²) in [6.45, 7) is 6.52. The van der Waals surface area contributed by atoms with Crippen molar-refractivity contribution in [3.8, 4) is 0 Å². The van der Waals surface area contributed by atoms with Crippen LogP contribution in [0.5, 0.6) is 0 Å². The summed E-state index contributed by atoms with van der Waals surface area (Å²) >= 11 is 1.69. The number of nitrogens with zero attached hydrogens (tertiary/aromatic N) is 1. The second-order valence-electron chi connectivity index (χ2n) is 5.84. The predicted octanol–water partition coefficient (Wildman–Crippen LogP) is 3.14. The van der Waals surface area contributed by atoms with Gasteiger partial charge in [0.25, 0.3) is 0 Å². The maximum Gasteiger partial charge on any atom is 0.0954 e. The number of aromatic nitrogens is 1. The molecule has 1 unspecified atom stereocenters. The zero-order chi connectivity index (χ0) is 11.8. The lowest BCUT2D eigenvalue weighted by Gasteiger charge is -2.29. The Balaban J connectivity index is 1.97. The highest BCUT2D eigenvalue weighted by Gasteiger charge is 2.27. The molecule has 0 aliphatic heterocycles. The van der Waals surface area contributed by atoms with E-state index >= 15 is 0 Å². The van der Waals surface area contributed by atoms with Crippen LogP contribution in [0.2, 0.25) is 0 Å². The van der Waals surface area contributed by atoms with Gasteiger partial charge in [-0.05, 0) is 18.8 Å². The Morgan fingerprint density at radius 2 is 2.19 bits per heavy atom. The van der Waals surface area contributed by atoms with Gasteiger partial charge in [-0.1, -0.05) is 27.2 Å². The molecule has 0 saturated heterocycles. The molecule has 2 rings (SSSR count). The Morgan fingerprint density at radius 3 is 2.62 bits per heavy atom. The van der Waals surface area contributed by atoms with E-state index < -0.39 is 0 Å². The third kappa shape index (κ3) is 2.64. The first-order valence-electron chi connectivity index (χ1n) is 6.10.